The molecule has 0 saturated carbocycles. The van der Waals surface area contributed by atoms with Crippen LogP contribution in [-0.2, 0) is 9.53 Å². The van der Waals surface area contributed by atoms with Gasteiger partial charge in [-0.05, 0) is 17.7 Å². The molecule has 2 aliphatic heterocycles. The molecular weight excluding hydrogens is 333 g/mol. The number of ether oxygens (including phenoxy) is 1. The minimum atomic E-state index is -0.233. The van der Waals surface area contributed by atoms with Crippen molar-refractivity contribution in [3.05, 3.63) is 35.6 Å². The van der Waals surface area contributed by atoms with Crippen LogP contribution >= 0.6 is 12.4 Å². The Labute approximate surface area is 148 Å². The van der Waals surface area contributed by atoms with Crippen LogP contribution in [0.4, 0.5) is 4.39 Å². The SMILES string of the molecule is Cl.O=C(CCN1CCOC(c2ccc(F)cc2)C1)N1CCNCC1. The van der Waals surface area contributed by atoms with E-state index in [2.05, 4.69) is 10.2 Å². The molecule has 0 aromatic heterocycles. The number of nitrogens with zero attached hydrogens (tertiary/aromatic N) is 2. The number of morpholine rings is 1. The van der Waals surface area contributed by atoms with Crippen molar-refractivity contribution in [2.24, 2.45) is 0 Å². The van der Waals surface area contributed by atoms with Gasteiger partial charge in [-0.15, -0.1) is 12.4 Å². The summed E-state index contributed by atoms with van der Waals surface area (Å²) in [5.41, 5.74) is 0.990. The Hall–Kier alpha value is -1.21. The monoisotopic (exact) mass is 357 g/mol. The molecule has 2 fully saturated rings. The molecule has 0 radical (unpaired) electrons. The van der Waals surface area contributed by atoms with Crippen LogP contribution in [0.2, 0.25) is 0 Å². The first-order valence-corrected chi connectivity index (χ1v) is 8.30. The zero-order valence-electron chi connectivity index (χ0n) is 13.7. The van der Waals surface area contributed by atoms with E-state index in [0.717, 1.165) is 51.4 Å². The van der Waals surface area contributed by atoms with Gasteiger partial charge in [-0.3, -0.25) is 9.69 Å². The maximum absolute atomic E-state index is 13.0. The van der Waals surface area contributed by atoms with Gasteiger partial charge in [0.2, 0.25) is 5.91 Å². The molecule has 24 heavy (non-hydrogen) atoms. The standard InChI is InChI=1S/C17H24FN3O2.ClH/c18-15-3-1-14(2-4-15)16-13-20(11-12-23-16)8-5-17(22)21-9-6-19-7-10-21;/h1-4,16,19H,5-13H2;1H. The lowest BCUT2D eigenvalue weighted by Crippen LogP contribution is -2.47. The molecule has 1 unspecified atom stereocenters. The highest BCUT2D eigenvalue weighted by molar-refractivity contribution is 5.85. The van der Waals surface area contributed by atoms with Gasteiger partial charge in [0.15, 0.2) is 0 Å². The number of halogens is 2. The fraction of sp³-hybridized carbons (Fsp3) is 0.588. The molecule has 134 valence electrons. The van der Waals surface area contributed by atoms with Crippen molar-refractivity contribution in [1.82, 2.24) is 15.1 Å². The molecule has 1 amide bonds. The molecule has 1 N–H and O–H groups in total. The zero-order chi connectivity index (χ0) is 16.1. The lowest BCUT2D eigenvalue weighted by Gasteiger charge is -2.34. The molecule has 0 aliphatic carbocycles. The van der Waals surface area contributed by atoms with Crippen molar-refractivity contribution in [2.75, 3.05) is 52.4 Å². The molecule has 2 saturated heterocycles. The molecular formula is C17H25ClFN3O2. The van der Waals surface area contributed by atoms with E-state index in [1.807, 2.05) is 4.90 Å². The molecule has 0 spiro atoms. The number of piperazine rings is 1. The molecule has 2 aliphatic rings. The van der Waals surface area contributed by atoms with Crippen LogP contribution in [-0.4, -0.2) is 68.1 Å². The van der Waals surface area contributed by atoms with Crippen LogP contribution < -0.4 is 5.32 Å². The van der Waals surface area contributed by atoms with Gasteiger partial charge >= 0.3 is 0 Å². The van der Waals surface area contributed by atoms with Gasteiger partial charge < -0.3 is 15.0 Å². The maximum atomic E-state index is 13.0. The van der Waals surface area contributed by atoms with Crippen LogP contribution in [0.25, 0.3) is 0 Å². The van der Waals surface area contributed by atoms with Crippen LogP contribution in [0.15, 0.2) is 24.3 Å². The van der Waals surface area contributed by atoms with E-state index in [9.17, 15) is 9.18 Å². The third kappa shape index (κ3) is 5.14. The number of hydrogen-bond donors (Lipinski definition) is 1. The lowest BCUT2D eigenvalue weighted by atomic mass is 10.1. The van der Waals surface area contributed by atoms with E-state index < -0.39 is 0 Å². The lowest BCUT2D eigenvalue weighted by molar-refractivity contribution is -0.132. The molecule has 3 rings (SSSR count). The third-order valence-corrected chi connectivity index (χ3v) is 4.50. The summed E-state index contributed by atoms with van der Waals surface area (Å²) in [4.78, 5) is 16.4. The van der Waals surface area contributed by atoms with E-state index in [0.29, 0.717) is 13.0 Å². The fourth-order valence-electron chi connectivity index (χ4n) is 3.11. The number of carbonyl (C=O) groups excluding carboxylic acids is 1. The van der Waals surface area contributed by atoms with Crippen molar-refractivity contribution >= 4 is 18.3 Å². The maximum Gasteiger partial charge on any atom is 0.223 e. The predicted molar refractivity (Wildman–Crippen MR) is 92.8 cm³/mol. The van der Waals surface area contributed by atoms with Crippen molar-refractivity contribution in [2.45, 2.75) is 12.5 Å². The highest BCUT2D eigenvalue weighted by atomic mass is 35.5. The predicted octanol–water partition coefficient (Wildman–Crippen LogP) is 1.44. The van der Waals surface area contributed by atoms with Gasteiger partial charge in [-0.1, -0.05) is 12.1 Å². The quantitative estimate of drug-likeness (QED) is 0.885. The summed E-state index contributed by atoms with van der Waals surface area (Å²) in [6.07, 6.45) is 0.509. The number of nitrogens with one attached hydrogen (secondary N) is 1. The van der Waals surface area contributed by atoms with Gasteiger partial charge in [0.1, 0.15) is 5.82 Å². The van der Waals surface area contributed by atoms with Crippen molar-refractivity contribution in [1.29, 1.82) is 0 Å². The van der Waals surface area contributed by atoms with Gasteiger partial charge in [-0.25, -0.2) is 4.39 Å². The van der Waals surface area contributed by atoms with Crippen molar-refractivity contribution in [3.63, 3.8) is 0 Å². The van der Waals surface area contributed by atoms with Gasteiger partial charge in [0, 0.05) is 52.2 Å². The molecule has 1 aromatic carbocycles. The second-order valence-electron chi connectivity index (χ2n) is 6.09. The number of benzene rings is 1. The number of hydrogen-bond acceptors (Lipinski definition) is 4. The highest BCUT2D eigenvalue weighted by Gasteiger charge is 2.23. The first kappa shape index (κ1) is 19.1. The summed E-state index contributed by atoms with van der Waals surface area (Å²) in [5, 5.41) is 3.26. The smallest absolute Gasteiger partial charge is 0.223 e. The Kier molecular flexibility index (Phi) is 7.42. The molecule has 1 aromatic rings. The molecule has 5 nitrogen and oxygen atoms in total. The summed E-state index contributed by atoms with van der Waals surface area (Å²) in [7, 11) is 0. The Morgan fingerprint density at radius 1 is 1.21 bits per heavy atom. The first-order valence-electron chi connectivity index (χ1n) is 8.30. The Balaban J connectivity index is 0.00000208. The van der Waals surface area contributed by atoms with Gasteiger partial charge in [0.25, 0.3) is 0 Å². The van der Waals surface area contributed by atoms with Crippen molar-refractivity contribution in [3.8, 4) is 0 Å². The van der Waals surface area contributed by atoms with Crippen molar-refractivity contribution < 1.29 is 13.9 Å². The van der Waals surface area contributed by atoms with Gasteiger partial charge in [0.05, 0.1) is 12.7 Å². The summed E-state index contributed by atoms with van der Waals surface area (Å²) < 4.78 is 18.8. The Morgan fingerprint density at radius 3 is 2.62 bits per heavy atom. The van der Waals surface area contributed by atoms with E-state index in [1.165, 1.54) is 12.1 Å². The zero-order valence-corrected chi connectivity index (χ0v) is 14.6. The van der Waals surface area contributed by atoms with E-state index >= 15 is 0 Å². The van der Waals surface area contributed by atoms with Crippen LogP contribution in [0.5, 0.6) is 0 Å². The van der Waals surface area contributed by atoms with E-state index in [4.69, 9.17) is 4.74 Å². The molecule has 7 heteroatoms. The normalized spacial score (nSPS) is 22.0. The topological polar surface area (TPSA) is 44.8 Å². The summed E-state index contributed by atoms with van der Waals surface area (Å²) in [5.74, 6) is -0.000595. The summed E-state index contributed by atoms with van der Waals surface area (Å²) >= 11 is 0. The van der Waals surface area contributed by atoms with Crippen LogP contribution in [0.1, 0.15) is 18.1 Å². The fourth-order valence-corrected chi connectivity index (χ4v) is 3.11. The number of carbonyl (C=O) groups is 1. The van der Waals surface area contributed by atoms with Crippen LogP contribution in [0, 0.1) is 5.82 Å². The second-order valence-corrected chi connectivity index (χ2v) is 6.09. The average Bonchev–Trinajstić information content (AvgIpc) is 2.61. The summed E-state index contributed by atoms with van der Waals surface area (Å²) in [6.45, 7) is 6.37. The molecule has 0 bridgehead atoms. The van der Waals surface area contributed by atoms with Crippen LogP contribution in [0.3, 0.4) is 0 Å². The molecule has 2 heterocycles. The summed E-state index contributed by atoms with van der Waals surface area (Å²) in [6, 6.07) is 6.47. The number of amides is 1. The molecule has 1 atom stereocenters. The average molecular weight is 358 g/mol. The van der Waals surface area contributed by atoms with E-state index in [-0.39, 0.29) is 30.2 Å². The number of rotatable bonds is 4. The van der Waals surface area contributed by atoms with Gasteiger partial charge in [-0.2, -0.15) is 0 Å². The van der Waals surface area contributed by atoms with E-state index in [1.54, 1.807) is 12.1 Å². The highest BCUT2D eigenvalue weighted by Crippen LogP contribution is 2.22. The Bertz CT molecular complexity index is 523. The minimum Gasteiger partial charge on any atom is -0.371 e. The second kappa shape index (κ2) is 9.32. The first-order chi connectivity index (χ1) is 11.2. The largest absolute Gasteiger partial charge is 0.371 e. The minimum absolute atomic E-state index is 0. The Morgan fingerprint density at radius 2 is 1.92 bits per heavy atom. The third-order valence-electron chi connectivity index (χ3n) is 4.50.